The Morgan fingerprint density at radius 3 is 2.86 bits per heavy atom. The van der Waals surface area contributed by atoms with Gasteiger partial charge in [-0.05, 0) is 48.6 Å². The Hall–Kier alpha value is -1.41. The van der Waals surface area contributed by atoms with Crippen LogP contribution < -0.4 is 4.90 Å². The Bertz CT molecular complexity index is 790. The topological polar surface area (TPSA) is 36.0 Å². The van der Waals surface area contributed by atoms with Gasteiger partial charge in [0.15, 0.2) is 0 Å². The summed E-state index contributed by atoms with van der Waals surface area (Å²) in [6, 6.07) is 6.49. The summed E-state index contributed by atoms with van der Waals surface area (Å²) in [5, 5.41) is 0. The largest absolute Gasteiger partial charge is 0.379 e. The van der Waals surface area contributed by atoms with Crippen molar-refractivity contribution in [2.75, 3.05) is 57.9 Å². The van der Waals surface area contributed by atoms with Gasteiger partial charge in [-0.25, -0.2) is 0 Å². The number of benzene rings is 1. The monoisotopic (exact) mass is 417 g/mol. The Balaban J connectivity index is 1.39. The van der Waals surface area contributed by atoms with Crippen molar-refractivity contribution in [1.29, 1.82) is 0 Å². The number of morpholine rings is 1. The van der Waals surface area contributed by atoms with Crippen LogP contribution in [0.5, 0.6) is 0 Å². The van der Waals surface area contributed by atoms with Crippen LogP contribution in [0.2, 0.25) is 0 Å². The molecule has 3 heterocycles. The molecule has 0 radical (unpaired) electrons. The van der Waals surface area contributed by atoms with Crippen LogP contribution in [0.4, 0.5) is 5.69 Å². The summed E-state index contributed by atoms with van der Waals surface area (Å²) in [7, 11) is 2.14. The second-order valence-electron chi connectivity index (χ2n) is 7.55. The maximum absolute atomic E-state index is 12.9. The van der Waals surface area contributed by atoms with Crippen LogP contribution in [0.3, 0.4) is 0 Å². The van der Waals surface area contributed by atoms with Gasteiger partial charge < -0.3 is 9.64 Å². The number of anilines is 1. The molecule has 4 rings (SSSR count). The van der Waals surface area contributed by atoms with E-state index in [0.29, 0.717) is 10.9 Å². The number of thioether (sulfide) groups is 1. The van der Waals surface area contributed by atoms with Gasteiger partial charge in [0.2, 0.25) is 0 Å². The Labute approximate surface area is 176 Å². The average molecular weight is 418 g/mol. The van der Waals surface area contributed by atoms with Crippen LogP contribution in [-0.2, 0) is 16.0 Å². The fourth-order valence-corrected chi connectivity index (χ4v) is 5.32. The highest BCUT2D eigenvalue weighted by Crippen LogP contribution is 2.34. The second-order valence-corrected chi connectivity index (χ2v) is 9.23. The fraction of sp³-hybridized carbons (Fsp3) is 0.524. The third-order valence-electron chi connectivity index (χ3n) is 5.59. The maximum atomic E-state index is 12.9. The number of hydrogen-bond donors (Lipinski definition) is 0. The molecule has 7 heteroatoms. The van der Waals surface area contributed by atoms with Crippen molar-refractivity contribution in [1.82, 2.24) is 9.80 Å². The molecule has 2 saturated heterocycles. The maximum Gasteiger partial charge on any atom is 0.266 e. The number of ether oxygens (including phenoxy) is 1. The van der Waals surface area contributed by atoms with E-state index >= 15 is 0 Å². The van der Waals surface area contributed by atoms with E-state index in [1.54, 1.807) is 4.90 Å². The zero-order valence-electron chi connectivity index (χ0n) is 16.4. The fourth-order valence-electron chi connectivity index (χ4n) is 4.02. The molecule has 28 heavy (non-hydrogen) atoms. The predicted octanol–water partition coefficient (Wildman–Crippen LogP) is 2.99. The average Bonchev–Trinajstić information content (AvgIpc) is 2.96. The third-order valence-corrected chi connectivity index (χ3v) is 6.96. The van der Waals surface area contributed by atoms with Gasteiger partial charge in [-0.3, -0.25) is 14.6 Å². The summed E-state index contributed by atoms with van der Waals surface area (Å²) in [5.41, 5.74) is 3.76. The molecule has 5 nitrogen and oxygen atoms in total. The first-order chi connectivity index (χ1) is 13.6. The molecule has 0 saturated carbocycles. The van der Waals surface area contributed by atoms with Crippen LogP contribution in [0.1, 0.15) is 24.0 Å². The lowest BCUT2D eigenvalue weighted by atomic mass is 9.99. The van der Waals surface area contributed by atoms with Crippen molar-refractivity contribution in [3.8, 4) is 0 Å². The Morgan fingerprint density at radius 1 is 1.21 bits per heavy atom. The molecule has 0 atom stereocenters. The zero-order valence-corrected chi connectivity index (χ0v) is 18.0. The minimum absolute atomic E-state index is 0.0480. The lowest BCUT2D eigenvalue weighted by Gasteiger charge is -2.27. The van der Waals surface area contributed by atoms with E-state index in [4.69, 9.17) is 17.0 Å². The van der Waals surface area contributed by atoms with E-state index in [1.165, 1.54) is 29.4 Å². The molecule has 1 aromatic carbocycles. The quantitative estimate of drug-likeness (QED) is 0.542. The molecular formula is C21H27N3O2S2. The molecule has 1 amide bonds. The van der Waals surface area contributed by atoms with Crippen LogP contribution in [-0.4, -0.2) is 73.0 Å². The molecule has 1 aromatic rings. The number of aryl methyl sites for hydroxylation is 1. The summed E-state index contributed by atoms with van der Waals surface area (Å²) >= 11 is 6.91. The first kappa shape index (κ1) is 19.9. The normalized spacial score (nSPS) is 22.2. The molecule has 0 aliphatic carbocycles. The summed E-state index contributed by atoms with van der Waals surface area (Å²) in [6.07, 6.45) is 5.21. The van der Waals surface area contributed by atoms with Gasteiger partial charge in [0.05, 0.1) is 18.1 Å². The Kier molecular flexibility index (Phi) is 6.35. The first-order valence-electron chi connectivity index (χ1n) is 10.0. The van der Waals surface area contributed by atoms with E-state index in [9.17, 15) is 4.79 Å². The van der Waals surface area contributed by atoms with Gasteiger partial charge in [-0.15, -0.1) is 0 Å². The van der Waals surface area contributed by atoms with Gasteiger partial charge in [-0.1, -0.05) is 30.0 Å². The highest BCUT2D eigenvalue weighted by molar-refractivity contribution is 8.26. The van der Waals surface area contributed by atoms with Crippen molar-refractivity contribution < 1.29 is 9.53 Å². The van der Waals surface area contributed by atoms with Crippen LogP contribution in [0, 0.1) is 0 Å². The molecule has 150 valence electrons. The number of amides is 1. The number of rotatable bonds is 5. The van der Waals surface area contributed by atoms with E-state index in [0.717, 1.165) is 62.7 Å². The Morgan fingerprint density at radius 2 is 2.04 bits per heavy atom. The number of hydrogen-bond acceptors (Lipinski definition) is 6. The number of fused-ring (bicyclic) bond motifs is 1. The summed E-state index contributed by atoms with van der Waals surface area (Å²) in [5.74, 6) is 0.0480. The van der Waals surface area contributed by atoms with Crippen molar-refractivity contribution in [3.63, 3.8) is 0 Å². The van der Waals surface area contributed by atoms with Crippen molar-refractivity contribution >= 4 is 46.0 Å². The highest BCUT2D eigenvalue weighted by Gasteiger charge is 2.31. The number of thiocarbonyl (C=S) groups is 1. The standard InChI is InChI=1S/C21H27N3O2S2/c1-22-7-2-4-17-14-16(5-6-18(17)22)15-19-20(25)24(21(27)28-19)9-3-8-23-10-12-26-13-11-23/h5-6,14-15H,2-4,7-13H2,1H3/b19-15+. The van der Waals surface area contributed by atoms with Crippen molar-refractivity contribution in [3.05, 3.63) is 34.2 Å². The zero-order chi connectivity index (χ0) is 19.5. The molecule has 3 aliphatic rings. The van der Waals surface area contributed by atoms with E-state index in [-0.39, 0.29) is 5.91 Å². The third kappa shape index (κ3) is 4.43. The van der Waals surface area contributed by atoms with Gasteiger partial charge in [0, 0.05) is 45.5 Å². The minimum Gasteiger partial charge on any atom is -0.379 e. The molecule has 0 aromatic heterocycles. The van der Waals surface area contributed by atoms with Crippen molar-refractivity contribution in [2.45, 2.75) is 19.3 Å². The summed E-state index contributed by atoms with van der Waals surface area (Å²) in [6.45, 7) is 6.35. The van der Waals surface area contributed by atoms with Gasteiger partial charge in [0.25, 0.3) is 5.91 Å². The van der Waals surface area contributed by atoms with Crippen LogP contribution in [0.15, 0.2) is 23.1 Å². The molecule has 0 bridgehead atoms. The predicted molar refractivity (Wildman–Crippen MR) is 120 cm³/mol. The highest BCUT2D eigenvalue weighted by atomic mass is 32.2. The SMILES string of the molecule is CN1CCCc2cc(/C=C3/SC(=S)N(CCCN4CCOCC4)C3=O)ccc21. The minimum atomic E-state index is 0.0480. The first-order valence-corrected chi connectivity index (χ1v) is 11.2. The van der Waals surface area contributed by atoms with Crippen LogP contribution >= 0.6 is 24.0 Å². The van der Waals surface area contributed by atoms with E-state index in [2.05, 4.69) is 35.0 Å². The molecule has 0 spiro atoms. The van der Waals surface area contributed by atoms with Crippen molar-refractivity contribution in [2.24, 2.45) is 0 Å². The number of nitrogens with zero attached hydrogens (tertiary/aromatic N) is 3. The molecule has 3 aliphatic heterocycles. The summed E-state index contributed by atoms with van der Waals surface area (Å²) in [4.78, 5) is 20.0. The van der Waals surface area contributed by atoms with Gasteiger partial charge >= 0.3 is 0 Å². The lowest BCUT2D eigenvalue weighted by Crippen LogP contribution is -2.38. The van der Waals surface area contributed by atoms with Gasteiger partial charge in [0.1, 0.15) is 4.32 Å². The number of carbonyl (C=O) groups excluding carboxylic acids is 1. The van der Waals surface area contributed by atoms with E-state index in [1.807, 2.05) is 6.08 Å². The lowest BCUT2D eigenvalue weighted by molar-refractivity contribution is -0.122. The molecular weight excluding hydrogens is 390 g/mol. The smallest absolute Gasteiger partial charge is 0.266 e. The van der Waals surface area contributed by atoms with Crippen LogP contribution in [0.25, 0.3) is 6.08 Å². The van der Waals surface area contributed by atoms with Gasteiger partial charge in [-0.2, -0.15) is 0 Å². The number of carbonyl (C=O) groups is 1. The molecule has 0 unspecified atom stereocenters. The molecule has 0 N–H and O–H groups in total. The molecule has 2 fully saturated rings. The summed E-state index contributed by atoms with van der Waals surface area (Å²) < 4.78 is 6.06. The van der Waals surface area contributed by atoms with E-state index < -0.39 is 0 Å². The second kappa shape index (κ2) is 8.95.